The smallest absolute Gasteiger partial charge is 0.124 e. The molecule has 6 rings (SSSR count). The third-order valence-corrected chi connectivity index (χ3v) is 7.46. The van der Waals surface area contributed by atoms with Crippen LogP contribution in [-0.2, 0) is 6.42 Å². The number of methoxy groups -OCH3 is 1. The molecule has 1 aromatic heterocycles. The van der Waals surface area contributed by atoms with Crippen LogP contribution in [0.3, 0.4) is 0 Å². The summed E-state index contributed by atoms with van der Waals surface area (Å²) in [6.07, 6.45) is 2.20. The number of piperidine rings is 1. The lowest BCUT2D eigenvalue weighted by Gasteiger charge is -2.35. The first kappa shape index (κ1) is 21.0. The number of hydrogen-bond acceptors (Lipinski definition) is 5. The molecule has 5 heteroatoms. The highest BCUT2D eigenvalue weighted by Crippen LogP contribution is 2.41. The van der Waals surface area contributed by atoms with Crippen LogP contribution in [0, 0.1) is 0 Å². The number of benzene rings is 3. The maximum atomic E-state index is 5.95. The van der Waals surface area contributed by atoms with Crippen LogP contribution in [0.5, 0.6) is 5.75 Å². The Balaban J connectivity index is 1.21. The fourth-order valence-electron chi connectivity index (χ4n) is 5.70. The zero-order valence-corrected chi connectivity index (χ0v) is 19.5. The number of likely N-dealkylation sites (tertiary alicyclic amines) is 1. The third-order valence-electron chi connectivity index (χ3n) is 7.46. The molecule has 4 aromatic rings. The van der Waals surface area contributed by atoms with E-state index in [1.54, 1.807) is 7.11 Å². The van der Waals surface area contributed by atoms with E-state index in [4.69, 9.17) is 10.5 Å². The molecule has 0 bridgehead atoms. The van der Waals surface area contributed by atoms with Crippen molar-refractivity contribution < 1.29 is 4.74 Å². The second-order valence-electron chi connectivity index (χ2n) is 9.42. The minimum atomic E-state index is 0.532. The first-order valence-corrected chi connectivity index (χ1v) is 12.1. The van der Waals surface area contributed by atoms with Gasteiger partial charge in [0.2, 0.25) is 0 Å². The van der Waals surface area contributed by atoms with Gasteiger partial charge in [0.15, 0.2) is 0 Å². The molecule has 172 valence electrons. The van der Waals surface area contributed by atoms with E-state index in [0.717, 1.165) is 43.1 Å². The molecule has 3 N–H and O–H groups in total. The zero-order valence-electron chi connectivity index (χ0n) is 19.5. The first-order valence-electron chi connectivity index (χ1n) is 12.1. The van der Waals surface area contributed by atoms with Gasteiger partial charge in [0.25, 0.3) is 0 Å². The van der Waals surface area contributed by atoms with Crippen LogP contribution in [0.15, 0.2) is 72.8 Å². The molecule has 5 nitrogen and oxygen atoms in total. The van der Waals surface area contributed by atoms with Crippen LogP contribution in [0.4, 0.5) is 11.5 Å². The van der Waals surface area contributed by atoms with Crippen molar-refractivity contribution in [3.63, 3.8) is 0 Å². The summed E-state index contributed by atoms with van der Waals surface area (Å²) in [6, 6.07) is 26.0. The molecule has 2 atom stereocenters. The van der Waals surface area contributed by atoms with Gasteiger partial charge in [0.1, 0.15) is 11.6 Å². The van der Waals surface area contributed by atoms with Gasteiger partial charge in [-0.2, -0.15) is 0 Å². The number of rotatable bonds is 5. The topological polar surface area (TPSA) is 63.4 Å². The van der Waals surface area contributed by atoms with Crippen molar-refractivity contribution in [1.82, 2.24) is 9.88 Å². The number of ether oxygens (including phenoxy) is 1. The standard InChI is InChI=1S/C29H30N4O/c1-34-20-10-12-24-25-18-33(16-14-27(25)31-28(24)17-20)15-13-19-9-11-23(22-6-3-2-5-21(19)22)26-7-4-8-29(30)32-26/h2-12,17,25,27,31H,13-16,18H2,1H3,(H2,30,32). The van der Waals surface area contributed by atoms with E-state index in [1.165, 1.54) is 34.0 Å². The number of hydrogen-bond donors (Lipinski definition) is 2. The van der Waals surface area contributed by atoms with E-state index in [1.807, 2.05) is 18.2 Å². The summed E-state index contributed by atoms with van der Waals surface area (Å²) < 4.78 is 5.42. The fourth-order valence-corrected chi connectivity index (χ4v) is 5.70. The third kappa shape index (κ3) is 3.76. The van der Waals surface area contributed by atoms with Gasteiger partial charge in [-0.1, -0.05) is 48.5 Å². The highest BCUT2D eigenvalue weighted by molar-refractivity contribution is 5.97. The molecule has 0 saturated carbocycles. The van der Waals surface area contributed by atoms with Crippen molar-refractivity contribution in [2.24, 2.45) is 0 Å². The van der Waals surface area contributed by atoms with E-state index in [-0.39, 0.29) is 0 Å². The number of nitrogens with zero attached hydrogens (tertiary/aromatic N) is 2. The summed E-state index contributed by atoms with van der Waals surface area (Å²) in [5.74, 6) is 2.02. The quantitative estimate of drug-likeness (QED) is 0.431. The SMILES string of the molecule is COc1ccc2c(c1)NC1CCN(CCc3ccc(-c4cccc(N)n4)c4ccccc34)CC21. The molecule has 0 spiro atoms. The minimum Gasteiger partial charge on any atom is -0.497 e. The Labute approximate surface area is 200 Å². The molecule has 3 heterocycles. The summed E-state index contributed by atoms with van der Waals surface area (Å²) in [6.45, 7) is 3.29. The van der Waals surface area contributed by atoms with Crippen molar-refractivity contribution in [3.8, 4) is 17.0 Å². The van der Waals surface area contributed by atoms with Crippen LogP contribution in [0.25, 0.3) is 22.0 Å². The van der Waals surface area contributed by atoms with Crippen molar-refractivity contribution in [1.29, 1.82) is 0 Å². The lowest BCUT2D eigenvalue weighted by molar-refractivity contribution is 0.204. The Morgan fingerprint density at radius 2 is 1.91 bits per heavy atom. The van der Waals surface area contributed by atoms with Gasteiger partial charge >= 0.3 is 0 Å². The molecule has 1 fully saturated rings. The number of anilines is 2. The Morgan fingerprint density at radius 1 is 1.03 bits per heavy atom. The van der Waals surface area contributed by atoms with Gasteiger partial charge in [0.05, 0.1) is 12.8 Å². The van der Waals surface area contributed by atoms with Crippen LogP contribution in [0.1, 0.15) is 23.5 Å². The van der Waals surface area contributed by atoms with Crippen LogP contribution < -0.4 is 15.8 Å². The Bertz CT molecular complexity index is 1350. The van der Waals surface area contributed by atoms with Gasteiger partial charge < -0.3 is 20.7 Å². The predicted octanol–water partition coefficient (Wildman–Crippen LogP) is 5.32. The second kappa shape index (κ2) is 8.65. The van der Waals surface area contributed by atoms with Gasteiger partial charge in [-0.25, -0.2) is 4.98 Å². The number of aromatic nitrogens is 1. The monoisotopic (exact) mass is 450 g/mol. The van der Waals surface area contributed by atoms with Crippen LogP contribution in [0.2, 0.25) is 0 Å². The Morgan fingerprint density at radius 3 is 2.76 bits per heavy atom. The number of nitrogen functional groups attached to an aromatic ring is 1. The van der Waals surface area contributed by atoms with Crippen LogP contribution in [-0.4, -0.2) is 42.7 Å². The molecule has 0 radical (unpaired) electrons. The second-order valence-corrected chi connectivity index (χ2v) is 9.42. The molecule has 0 amide bonds. The molecular formula is C29H30N4O. The van der Waals surface area contributed by atoms with E-state index in [0.29, 0.717) is 17.8 Å². The van der Waals surface area contributed by atoms with E-state index < -0.39 is 0 Å². The van der Waals surface area contributed by atoms with Crippen molar-refractivity contribution in [2.75, 3.05) is 37.8 Å². The lowest BCUT2D eigenvalue weighted by atomic mass is 9.89. The average molecular weight is 451 g/mol. The fraction of sp³-hybridized carbons (Fsp3) is 0.276. The molecule has 2 aliphatic heterocycles. The van der Waals surface area contributed by atoms with Gasteiger partial charge in [-0.15, -0.1) is 0 Å². The number of nitrogens with two attached hydrogens (primary N) is 1. The normalized spacial score (nSPS) is 19.4. The summed E-state index contributed by atoms with van der Waals surface area (Å²) >= 11 is 0. The summed E-state index contributed by atoms with van der Waals surface area (Å²) in [7, 11) is 1.73. The van der Waals surface area contributed by atoms with Crippen molar-refractivity contribution >= 4 is 22.3 Å². The highest BCUT2D eigenvalue weighted by Gasteiger charge is 2.36. The number of pyridine rings is 1. The van der Waals surface area contributed by atoms with Crippen LogP contribution >= 0.6 is 0 Å². The molecule has 0 aliphatic carbocycles. The zero-order chi connectivity index (χ0) is 23.1. The molecule has 2 unspecified atom stereocenters. The first-order chi connectivity index (χ1) is 16.7. The van der Waals surface area contributed by atoms with E-state index in [2.05, 4.69) is 69.8 Å². The molecule has 1 saturated heterocycles. The number of nitrogens with one attached hydrogen (secondary N) is 1. The van der Waals surface area contributed by atoms with E-state index in [9.17, 15) is 0 Å². The van der Waals surface area contributed by atoms with Gasteiger partial charge in [-0.05, 0) is 52.9 Å². The summed E-state index contributed by atoms with van der Waals surface area (Å²) in [5, 5.41) is 6.27. The lowest BCUT2D eigenvalue weighted by Crippen LogP contribution is -2.42. The maximum absolute atomic E-state index is 5.95. The Kier molecular flexibility index (Phi) is 5.34. The summed E-state index contributed by atoms with van der Waals surface area (Å²) in [4.78, 5) is 7.19. The molecular weight excluding hydrogens is 420 g/mol. The van der Waals surface area contributed by atoms with Gasteiger partial charge in [0, 0.05) is 48.9 Å². The minimum absolute atomic E-state index is 0.532. The highest BCUT2D eigenvalue weighted by atomic mass is 16.5. The number of fused-ring (bicyclic) bond motifs is 4. The van der Waals surface area contributed by atoms with Crippen molar-refractivity contribution in [3.05, 3.63) is 83.9 Å². The summed E-state index contributed by atoms with van der Waals surface area (Å²) in [5.41, 5.74) is 12.1. The molecule has 2 aliphatic rings. The largest absolute Gasteiger partial charge is 0.497 e. The van der Waals surface area contributed by atoms with Gasteiger partial charge in [-0.3, -0.25) is 0 Å². The molecule has 34 heavy (non-hydrogen) atoms. The van der Waals surface area contributed by atoms with E-state index >= 15 is 0 Å². The average Bonchev–Trinajstić information content (AvgIpc) is 3.24. The maximum Gasteiger partial charge on any atom is 0.124 e. The Hall–Kier alpha value is -3.57. The predicted molar refractivity (Wildman–Crippen MR) is 139 cm³/mol. The molecule has 3 aromatic carbocycles. The van der Waals surface area contributed by atoms with Crippen molar-refractivity contribution in [2.45, 2.75) is 24.8 Å².